The van der Waals surface area contributed by atoms with Crippen LogP contribution in [0, 0.1) is 0 Å². The molecule has 0 spiro atoms. The maximum absolute atomic E-state index is 12.7. The van der Waals surface area contributed by atoms with Crippen LogP contribution in [0.2, 0.25) is 0 Å². The van der Waals surface area contributed by atoms with E-state index >= 15 is 0 Å². The molecule has 8 heteroatoms. The molecule has 0 fully saturated rings. The van der Waals surface area contributed by atoms with Crippen LogP contribution in [-0.2, 0) is 0 Å². The number of carbonyl (C=O) groups is 3. The second-order valence-electron chi connectivity index (χ2n) is 6.37. The number of para-hydroxylation sites is 1. The molecule has 3 rings (SSSR count). The van der Waals surface area contributed by atoms with E-state index in [-0.39, 0.29) is 16.8 Å². The van der Waals surface area contributed by atoms with E-state index in [4.69, 9.17) is 9.47 Å². The molecule has 158 valence electrons. The number of hydrogen-bond donors (Lipinski definition) is 3. The standard InChI is InChI=1S/C23H20N2O6/c1-30-18-8-5-9-19(31-2)20(18)22(27)24-15-12-10-14(11-13-15)21(26)25-17-7-4-3-6-16(17)23(28)29/h3-13H,1-2H3,(H,24,27)(H,25,26)(H,28,29). The van der Waals surface area contributed by atoms with Crippen molar-refractivity contribution in [2.45, 2.75) is 0 Å². The third kappa shape index (κ3) is 4.81. The minimum atomic E-state index is -1.14. The summed E-state index contributed by atoms with van der Waals surface area (Å²) in [6.07, 6.45) is 0. The van der Waals surface area contributed by atoms with Crippen molar-refractivity contribution in [2.24, 2.45) is 0 Å². The van der Waals surface area contributed by atoms with Gasteiger partial charge in [-0.1, -0.05) is 18.2 Å². The number of nitrogens with one attached hydrogen (secondary N) is 2. The van der Waals surface area contributed by atoms with Crippen LogP contribution >= 0.6 is 0 Å². The molecule has 0 saturated heterocycles. The second-order valence-corrected chi connectivity index (χ2v) is 6.37. The van der Waals surface area contributed by atoms with Gasteiger partial charge in [0, 0.05) is 11.3 Å². The number of benzene rings is 3. The molecule has 0 atom stereocenters. The largest absolute Gasteiger partial charge is 0.496 e. The van der Waals surface area contributed by atoms with Crippen molar-refractivity contribution in [3.05, 3.63) is 83.4 Å². The number of hydrogen-bond acceptors (Lipinski definition) is 5. The number of carbonyl (C=O) groups excluding carboxylic acids is 2. The summed E-state index contributed by atoms with van der Waals surface area (Å²) in [5.74, 6) is -1.31. The van der Waals surface area contributed by atoms with Crippen LogP contribution < -0.4 is 20.1 Å². The topological polar surface area (TPSA) is 114 Å². The van der Waals surface area contributed by atoms with Crippen molar-refractivity contribution in [1.82, 2.24) is 0 Å². The molecule has 8 nitrogen and oxygen atoms in total. The van der Waals surface area contributed by atoms with Crippen LogP contribution in [0.15, 0.2) is 66.7 Å². The van der Waals surface area contributed by atoms with Gasteiger partial charge < -0.3 is 25.2 Å². The summed E-state index contributed by atoms with van der Waals surface area (Å²) >= 11 is 0. The van der Waals surface area contributed by atoms with E-state index in [0.717, 1.165) is 0 Å². The third-order valence-electron chi connectivity index (χ3n) is 4.47. The fourth-order valence-electron chi connectivity index (χ4n) is 2.95. The summed E-state index contributed by atoms with van der Waals surface area (Å²) in [5.41, 5.74) is 1.19. The van der Waals surface area contributed by atoms with Gasteiger partial charge >= 0.3 is 5.97 Å². The summed E-state index contributed by atoms with van der Waals surface area (Å²) in [4.78, 5) is 36.5. The molecular formula is C23H20N2O6. The number of ether oxygens (including phenoxy) is 2. The van der Waals surface area contributed by atoms with Crippen molar-refractivity contribution >= 4 is 29.2 Å². The van der Waals surface area contributed by atoms with Crippen LogP contribution in [0.5, 0.6) is 11.5 Å². The van der Waals surface area contributed by atoms with E-state index in [9.17, 15) is 19.5 Å². The first-order valence-electron chi connectivity index (χ1n) is 9.20. The summed E-state index contributed by atoms with van der Waals surface area (Å²) in [7, 11) is 2.92. The normalized spacial score (nSPS) is 10.1. The summed E-state index contributed by atoms with van der Waals surface area (Å²) in [6, 6.07) is 17.3. The number of rotatable bonds is 7. The highest BCUT2D eigenvalue weighted by Crippen LogP contribution is 2.29. The fourth-order valence-corrected chi connectivity index (χ4v) is 2.95. The van der Waals surface area contributed by atoms with E-state index < -0.39 is 17.8 Å². The van der Waals surface area contributed by atoms with Gasteiger partial charge in [-0.15, -0.1) is 0 Å². The van der Waals surface area contributed by atoms with Crippen molar-refractivity contribution in [1.29, 1.82) is 0 Å². The van der Waals surface area contributed by atoms with Crippen LogP contribution in [0.25, 0.3) is 0 Å². The number of carboxylic acid groups (broad SMARTS) is 1. The molecular weight excluding hydrogens is 400 g/mol. The molecule has 3 aromatic carbocycles. The van der Waals surface area contributed by atoms with Gasteiger partial charge in [-0.25, -0.2) is 4.79 Å². The minimum absolute atomic E-state index is 0.00881. The van der Waals surface area contributed by atoms with Gasteiger partial charge in [0.1, 0.15) is 17.1 Å². The Morgan fingerprint density at radius 3 is 1.94 bits per heavy atom. The lowest BCUT2D eigenvalue weighted by atomic mass is 10.1. The first-order valence-corrected chi connectivity index (χ1v) is 9.20. The predicted molar refractivity (Wildman–Crippen MR) is 115 cm³/mol. The van der Waals surface area contributed by atoms with Gasteiger partial charge in [0.15, 0.2) is 0 Å². The molecule has 0 aliphatic carbocycles. The molecule has 0 radical (unpaired) electrons. The Balaban J connectivity index is 1.75. The average Bonchev–Trinajstić information content (AvgIpc) is 2.79. The van der Waals surface area contributed by atoms with Gasteiger partial charge in [0.2, 0.25) is 0 Å². The summed E-state index contributed by atoms with van der Waals surface area (Å²) in [5, 5.41) is 14.6. The molecule has 0 bridgehead atoms. The van der Waals surface area contributed by atoms with Crippen LogP contribution in [0.3, 0.4) is 0 Å². The Morgan fingerprint density at radius 1 is 0.742 bits per heavy atom. The SMILES string of the molecule is COc1cccc(OC)c1C(=O)Nc1ccc(C(=O)Nc2ccccc2C(=O)O)cc1. The number of anilines is 2. The van der Waals surface area contributed by atoms with Crippen LogP contribution in [0.4, 0.5) is 11.4 Å². The number of methoxy groups -OCH3 is 2. The highest BCUT2D eigenvalue weighted by atomic mass is 16.5. The monoisotopic (exact) mass is 420 g/mol. The molecule has 0 aromatic heterocycles. The van der Waals surface area contributed by atoms with E-state index in [1.54, 1.807) is 42.5 Å². The fraction of sp³-hybridized carbons (Fsp3) is 0.0870. The Hall–Kier alpha value is -4.33. The molecule has 2 amide bonds. The lowest BCUT2D eigenvalue weighted by molar-refractivity contribution is 0.0697. The van der Waals surface area contributed by atoms with E-state index in [0.29, 0.717) is 22.7 Å². The van der Waals surface area contributed by atoms with Gasteiger partial charge in [0.25, 0.3) is 11.8 Å². The second kappa shape index (κ2) is 9.45. The van der Waals surface area contributed by atoms with Crippen LogP contribution in [-0.4, -0.2) is 37.1 Å². The highest BCUT2D eigenvalue weighted by Gasteiger charge is 2.19. The first-order chi connectivity index (χ1) is 14.9. The van der Waals surface area contributed by atoms with Crippen molar-refractivity contribution < 1.29 is 29.0 Å². The Labute approximate surface area is 178 Å². The molecule has 0 saturated carbocycles. The zero-order valence-corrected chi connectivity index (χ0v) is 16.8. The van der Waals surface area contributed by atoms with Gasteiger partial charge in [-0.2, -0.15) is 0 Å². The molecule has 0 aliphatic heterocycles. The Morgan fingerprint density at radius 2 is 1.35 bits per heavy atom. The number of carboxylic acids is 1. The maximum Gasteiger partial charge on any atom is 0.337 e. The van der Waals surface area contributed by atoms with Crippen molar-refractivity contribution in [2.75, 3.05) is 24.9 Å². The lowest BCUT2D eigenvalue weighted by Crippen LogP contribution is -2.16. The third-order valence-corrected chi connectivity index (χ3v) is 4.47. The van der Waals surface area contributed by atoms with Crippen molar-refractivity contribution in [3.8, 4) is 11.5 Å². The van der Waals surface area contributed by atoms with Crippen LogP contribution in [0.1, 0.15) is 31.1 Å². The van der Waals surface area contributed by atoms with E-state index in [1.165, 1.54) is 38.5 Å². The molecule has 0 heterocycles. The van der Waals surface area contributed by atoms with E-state index in [1.807, 2.05) is 0 Å². The average molecular weight is 420 g/mol. The number of amides is 2. The Kier molecular flexibility index (Phi) is 6.51. The predicted octanol–water partition coefficient (Wildman–Crippen LogP) is 3.91. The molecule has 0 unspecified atom stereocenters. The first kappa shape index (κ1) is 21.4. The molecule has 3 N–H and O–H groups in total. The van der Waals surface area contributed by atoms with Gasteiger partial charge in [0.05, 0.1) is 25.5 Å². The summed E-state index contributed by atoms with van der Waals surface area (Å²) in [6.45, 7) is 0. The van der Waals surface area contributed by atoms with Gasteiger partial charge in [-0.3, -0.25) is 9.59 Å². The Bertz CT molecular complexity index is 1100. The molecule has 31 heavy (non-hydrogen) atoms. The highest BCUT2D eigenvalue weighted by molar-refractivity contribution is 6.09. The van der Waals surface area contributed by atoms with E-state index in [2.05, 4.69) is 10.6 Å². The van der Waals surface area contributed by atoms with Crippen molar-refractivity contribution in [3.63, 3.8) is 0 Å². The lowest BCUT2D eigenvalue weighted by Gasteiger charge is -2.13. The zero-order chi connectivity index (χ0) is 22.4. The maximum atomic E-state index is 12.7. The zero-order valence-electron chi connectivity index (χ0n) is 16.8. The summed E-state index contributed by atoms with van der Waals surface area (Å²) < 4.78 is 10.5. The minimum Gasteiger partial charge on any atom is -0.496 e. The molecule has 3 aromatic rings. The smallest absolute Gasteiger partial charge is 0.337 e. The quantitative estimate of drug-likeness (QED) is 0.534. The van der Waals surface area contributed by atoms with Gasteiger partial charge in [-0.05, 0) is 48.5 Å². The molecule has 0 aliphatic rings. The number of aromatic carboxylic acids is 1.